The lowest BCUT2D eigenvalue weighted by molar-refractivity contribution is -0.114. The summed E-state index contributed by atoms with van der Waals surface area (Å²) in [6.07, 6.45) is 3.31. The molecule has 1 amide bonds. The fraction of sp³-hybridized carbons (Fsp3) is 0.333. The summed E-state index contributed by atoms with van der Waals surface area (Å²) in [4.78, 5) is 17.2. The van der Waals surface area contributed by atoms with Crippen LogP contribution in [0.15, 0.2) is 53.0 Å². The number of methoxy groups -OCH3 is 1. The molecule has 31 heavy (non-hydrogen) atoms. The molecule has 2 rings (SSSR count). The molecule has 0 heterocycles. The normalized spacial score (nSPS) is 10.8. The van der Waals surface area contributed by atoms with Gasteiger partial charge in [0, 0.05) is 29.3 Å². The molecular formula is C24H28BrN3O3. The van der Waals surface area contributed by atoms with Gasteiger partial charge in [-0.1, -0.05) is 41.9 Å². The van der Waals surface area contributed by atoms with E-state index in [2.05, 4.69) is 34.7 Å². The average molecular weight is 486 g/mol. The van der Waals surface area contributed by atoms with Crippen LogP contribution in [0, 0.1) is 11.3 Å². The van der Waals surface area contributed by atoms with E-state index in [1.54, 1.807) is 29.2 Å². The van der Waals surface area contributed by atoms with Gasteiger partial charge >= 0.3 is 0 Å². The van der Waals surface area contributed by atoms with Gasteiger partial charge in [-0.3, -0.25) is 4.79 Å². The van der Waals surface area contributed by atoms with Gasteiger partial charge in [0.1, 0.15) is 6.07 Å². The van der Waals surface area contributed by atoms with Crippen molar-refractivity contribution < 1.29 is 14.3 Å². The molecule has 164 valence electrons. The molecule has 0 bridgehead atoms. The number of halogens is 1. The Bertz CT molecular complexity index is 936. The fourth-order valence-electron chi connectivity index (χ4n) is 3.07. The first-order valence-corrected chi connectivity index (χ1v) is 11.0. The maximum atomic E-state index is 13.1. The Labute approximate surface area is 192 Å². The van der Waals surface area contributed by atoms with Crippen LogP contribution in [0.1, 0.15) is 19.4 Å². The molecule has 0 aliphatic rings. The Hall–Kier alpha value is -2.82. The van der Waals surface area contributed by atoms with Crippen LogP contribution in [0.25, 0.3) is 6.08 Å². The van der Waals surface area contributed by atoms with Gasteiger partial charge in [-0.25, -0.2) is 0 Å². The van der Waals surface area contributed by atoms with E-state index < -0.39 is 0 Å². The van der Waals surface area contributed by atoms with Crippen LogP contribution < -0.4 is 14.4 Å². The van der Waals surface area contributed by atoms with Crippen LogP contribution in [0.5, 0.6) is 11.5 Å². The van der Waals surface area contributed by atoms with E-state index in [1.165, 1.54) is 7.11 Å². The van der Waals surface area contributed by atoms with E-state index in [0.29, 0.717) is 18.0 Å². The molecule has 0 saturated carbocycles. The van der Waals surface area contributed by atoms with Crippen LogP contribution in [0.4, 0.5) is 5.69 Å². The molecule has 6 nitrogen and oxygen atoms in total. The van der Waals surface area contributed by atoms with Crippen LogP contribution >= 0.6 is 15.9 Å². The number of benzene rings is 2. The Balaban J connectivity index is 2.22. The molecule has 0 fully saturated rings. The second kappa shape index (κ2) is 12.8. The summed E-state index contributed by atoms with van der Waals surface area (Å²) >= 11 is 3.49. The van der Waals surface area contributed by atoms with Gasteiger partial charge in [0.15, 0.2) is 18.1 Å². The molecule has 7 heteroatoms. The lowest BCUT2D eigenvalue weighted by Gasteiger charge is -2.26. The van der Waals surface area contributed by atoms with Crippen LogP contribution in [-0.4, -0.2) is 50.7 Å². The third-order valence-electron chi connectivity index (χ3n) is 4.82. The van der Waals surface area contributed by atoms with Crippen molar-refractivity contribution in [2.24, 2.45) is 0 Å². The minimum Gasteiger partial charge on any atom is -0.493 e. The standard InChI is InChI=1S/C24H28BrN3O3/c1-4-27(5-2)14-15-28(21-8-6-7-20(25)18-21)24(29)12-10-19-9-11-22(31-16-13-26)23(17-19)30-3/h6-12,17-18H,4-5,14-16H2,1-3H3/b12-10+. The molecule has 0 spiro atoms. The molecule has 0 atom stereocenters. The minimum atomic E-state index is -0.103. The smallest absolute Gasteiger partial charge is 0.251 e. The first-order valence-electron chi connectivity index (χ1n) is 10.2. The van der Waals surface area contributed by atoms with Crippen molar-refractivity contribution >= 4 is 33.6 Å². The first kappa shape index (κ1) is 24.4. The molecular weight excluding hydrogens is 458 g/mol. The third-order valence-corrected chi connectivity index (χ3v) is 5.31. The Morgan fingerprint density at radius 1 is 1.13 bits per heavy atom. The molecule has 0 aromatic heterocycles. The number of rotatable bonds is 11. The van der Waals surface area contributed by atoms with E-state index in [-0.39, 0.29) is 12.5 Å². The summed E-state index contributed by atoms with van der Waals surface area (Å²) in [6.45, 7) is 7.43. The molecule has 2 aromatic carbocycles. The van der Waals surface area contributed by atoms with Crippen LogP contribution in [0.2, 0.25) is 0 Å². The van der Waals surface area contributed by atoms with Crippen LogP contribution in [-0.2, 0) is 4.79 Å². The summed E-state index contributed by atoms with van der Waals surface area (Å²) < 4.78 is 11.6. The van der Waals surface area contributed by atoms with Crippen molar-refractivity contribution in [3.8, 4) is 17.6 Å². The number of anilines is 1. The van der Waals surface area contributed by atoms with Crippen molar-refractivity contribution in [2.45, 2.75) is 13.8 Å². The van der Waals surface area contributed by atoms with E-state index >= 15 is 0 Å². The number of amides is 1. The number of carbonyl (C=O) groups excluding carboxylic acids is 1. The van der Waals surface area contributed by atoms with Gasteiger partial charge in [0.2, 0.25) is 0 Å². The second-order valence-electron chi connectivity index (χ2n) is 6.69. The Morgan fingerprint density at radius 3 is 2.55 bits per heavy atom. The number of ether oxygens (including phenoxy) is 2. The third kappa shape index (κ3) is 7.42. The summed E-state index contributed by atoms with van der Waals surface area (Å²) in [6, 6.07) is 15.0. The molecule has 0 unspecified atom stereocenters. The number of hydrogen-bond acceptors (Lipinski definition) is 5. The van der Waals surface area contributed by atoms with E-state index in [1.807, 2.05) is 36.4 Å². The van der Waals surface area contributed by atoms with Crippen LogP contribution in [0.3, 0.4) is 0 Å². The Kier molecular flexibility index (Phi) is 10.1. The van der Waals surface area contributed by atoms with E-state index in [9.17, 15) is 4.79 Å². The van der Waals surface area contributed by atoms with Gasteiger partial charge in [-0.15, -0.1) is 0 Å². The summed E-state index contributed by atoms with van der Waals surface area (Å²) in [7, 11) is 1.54. The van der Waals surface area contributed by atoms with Gasteiger partial charge in [0.05, 0.1) is 7.11 Å². The van der Waals surface area contributed by atoms with Crippen molar-refractivity contribution in [2.75, 3.05) is 44.8 Å². The number of nitriles is 1. The van der Waals surface area contributed by atoms with E-state index in [4.69, 9.17) is 14.7 Å². The largest absolute Gasteiger partial charge is 0.493 e. The van der Waals surface area contributed by atoms with Crippen molar-refractivity contribution in [3.63, 3.8) is 0 Å². The predicted molar refractivity (Wildman–Crippen MR) is 127 cm³/mol. The number of likely N-dealkylation sites (N-methyl/N-ethyl adjacent to an activating group) is 1. The highest BCUT2D eigenvalue weighted by Gasteiger charge is 2.15. The lowest BCUT2D eigenvalue weighted by Crippen LogP contribution is -2.38. The molecule has 0 radical (unpaired) electrons. The summed E-state index contributed by atoms with van der Waals surface area (Å²) in [5.41, 5.74) is 1.64. The molecule has 0 aliphatic heterocycles. The Morgan fingerprint density at radius 2 is 1.90 bits per heavy atom. The number of nitrogens with zero attached hydrogens (tertiary/aromatic N) is 3. The van der Waals surface area contributed by atoms with Gasteiger partial charge in [0.25, 0.3) is 5.91 Å². The molecule has 0 aliphatic carbocycles. The molecule has 0 saturated heterocycles. The predicted octanol–water partition coefficient (Wildman–Crippen LogP) is 4.75. The lowest BCUT2D eigenvalue weighted by atomic mass is 10.1. The second-order valence-corrected chi connectivity index (χ2v) is 7.60. The van der Waals surface area contributed by atoms with E-state index in [0.717, 1.165) is 35.4 Å². The number of hydrogen-bond donors (Lipinski definition) is 0. The zero-order chi connectivity index (χ0) is 22.6. The SMILES string of the molecule is CCN(CC)CCN(C(=O)/C=C/c1ccc(OCC#N)c(OC)c1)c1cccc(Br)c1. The zero-order valence-corrected chi connectivity index (χ0v) is 19.8. The van der Waals surface area contributed by atoms with Crippen molar-refractivity contribution in [1.82, 2.24) is 4.90 Å². The van der Waals surface area contributed by atoms with Gasteiger partial charge < -0.3 is 19.3 Å². The van der Waals surface area contributed by atoms with Gasteiger partial charge in [-0.05, 0) is 55.1 Å². The molecule has 0 N–H and O–H groups in total. The van der Waals surface area contributed by atoms with Gasteiger partial charge in [-0.2, -0.15) is 5.26 Å². The maximum Gasteiger partial charge on any atom is 0.251 e. The van der Waals surface area contributed by atoms with Crippen molar-refractivity contribution in [3.05, 3.63) is 58.6 Å². The average Bonchev–Trinajstić information content (AvgIpc) is 2.79. The highest BCUT2D eigenvalue weighted by atomic mass is 79.9. The fourth-order valence-corrected chi connectivity index (χ4v) is 3.45. The monoisotopic (exact) mass is 485 g/mol. The highest BCUT2D eigenvalue weighted by Crippen LogP contribution is 2.28. The van der Waals surface area contributed by atoms with Crippen molar-refractivity contribution in [1.29, 1.82) is 5.26 Å². The maximum absolute atomic E-state index is 13.1. The first-order chi connectivity index (χ1) is 15.0. The summed E-state index contributed by atoms with van der Waals surface area (Å²) in [5, 5.41) is 8.69. The summed E-state index contributed by atoms with van der Waals surface area (Å²) in [5.74, 6) is 0.895. The quantitative estimate of drug-likeness (QED) is 0.429. The topological polar surface area (TPSA) is 65.8 Å². The highest BCUT2D eigenvalue weighted by molar-refractivity contribution is 9.10. The molecule has 2 aromatic rings. The zero-order valence-electron chi connectivity index (χ0n) is 18.2. The number of carbonyl (C=O) groups is 1. The minimum absolute atomic E-state index is 0.0574.